The Hall–Kier alpha value is -4.64. The highest BCUT2D eigenvalue weighted by Gasteiger charge is 2.31. The fraction of sp³-hybridized carbons (Fsp3) is 0.273. The summed E-state index contributed by atoms with van der Waals surface area (Å²) in [6.45, 7) is 4.97. The fourth-order valence-corrected chi connectivity index (χ4v) is 6.16. The molecule has 6 rings (SSSR count). The van der Waals surface area contributed by atoms with Gasteiger partial charge in [-0.3, -0.25) is 4.98 Å². The minimum Gasteiger partial charge on any atom is -0.406 e. The van der Waals surface area contributed by atoms with Crippen LogP contribution in [0.1, 0.15) is 48.7 Å². The van der Waals surface area contributed by atoms with Crippen LogP contribution < -0.4 is 15.4 Å². The molecule has 248 valence electrons. The summed E-state index contributed by atoms with van der Waals surface area (Å²) < 4.78 is 58.5. The second-order valence-corrected chi connectivity index (χ2v) is 12.1. The van der Waals surface area contributed by atoms with E-state index in [9.17, 15) is 22.8 Å². The highest BCUT2D eigenvalue weighted by Crippen LogP contribution is 2.38. The van der Waals surface area contributed by atoms with Gasteiger partial charge in [-0.05, 0) is 67.4 Å². The number of aromatic nitrogens is 4. The SMILES string of the molecule is CCN1CCC(n2cc(C(Nc3cc(Cl)cc4c(Nc5ccc(F)c(Cl)c5)c(C#N)cnc34)c3ccc(OC(F)(F)F)cc3)nn2)CC1. The van der Waals surface area contributed by atoms with Gasteiger partial charge in [-0.25, -0.2) is 9.07 Å². The van der Waals surface area contributed by atoms with Gasteiger partial charge in [0.1, 0.15) is 23.3 Å². The summed E-state index contributed by atoms with van der Waals surface area (Å²) in [7, 11) is 0. The summed E-state index contributed by atoms with van der Waals surface area (Å²) in [4.78, 5) is 6.92. The Morgan fingerprint density at radius 3 is 2.50 bits per heavy atom. The second-order valence-electron chi connectivity index (χ2n) is 11.2. The Kier molecular flexibility index (Phi) is 9.59. The quantitative estimate of drug-likeness (QED) is 0.148. The number of hydrogen-bond acceptors (Lipinski definition) is 8. The molecule has 0 aliphatic carbocycles. The zero-order valence-electron chi connectivity index (χ0n) is 25.4. The van der Waals surface area contributed by atoms with Gasteiger partial charge < -0.3 is 20.3 Å². The van der Waals surface area contributed by atoms with E-state index in [1.54, 1.807) is 12.1 Å². The third-order valence-corrected chi connectivity index (χ3v) is 8.70. The smallest absolute Gasteiger partial charge is 0.406 e. The van der Waals surface area contributed by atoms with Crippen LogP contribution in [0.4, 0.5) is 34.6 Å². The lowest BCUT2D eigenvalue weighted by atomic mass is 10.0. The van der Waals surface area contributed by atoms with Gasteiger partial charge in [-0.2, -0.15) is 5.26 Å². The molecule has 15 heteroatoms. The van der Waals surface area contributed by atoms with Crippen molar-refractivity contribution in [2.24, 2.45) is 0 Å². The topological polar surface area (TPSA) is 104 Å². The van der Waals surface area contributed by atoms with Crippen LogP contribution in [-0.2, 0) is 0 Å². The van der Waals surface area contributed by atoms with E-state index in [1.807, 2.05) is 10.9 Å². The maximum atomic E-state index is 13.9. The first-order chi connectivity index (χ1) is 23.0. The number of piperidine rings is 1. The number of fused-ring (bicyclic) bond motifs is 1. The molecule has 1 unspecified atom stereocenters. The van der Waals surface area contributed by atoms with Crippen molar-refractivity contribution in [2.75, 3.05) is 30.3 Å². The molecular formula is C33H28Cl2F4N8O. The van der Waals surface area contributed by atoms with Crippen molar-refractivity contribution in [3.8, 4) is 11.8 Å². The number of ether oxygens (including phenoxy) is 1. The van der Waals surface area contributed by atoms with Gasteiger partial charge >= 0.3 is 6.36 Å². The van der Waals surface area contributed by atoms with Crippen LogP contribution in [0.3, 0.4) is 0 Å². The molecule has 2 N–H and O–H groups in total. The molecule has 0 bridgehead atoms. The van der Waals surface area contributed by atoms with E-state index in [4.69, 9.17) is 23.2 Å². The van der Waals surface area contributed by atoms with Gasteiger partial charge in [-0.1, -0.05) is 47.5 Å². The third kappa shape index (κ3) is 7.41. The molecule has 0 saturated carbocycles. The molecule has 2 aromatic heterocycles. The number of benzene rings is 3. The number of alkyl halides is 3. The number of nitrogens with one attached hydrogen (secondary N) is 2. The predicted molar refractivity (Wildman–Crippen MR) is 175 cm³/mol. The summed E-state index contributed by atoms with van der Waals surface area (Å²) in [5.41, 5.74) is 2.96. The van der Waals surface area contributed by atoms with E-state index in [1.165, 1.54) is 48.7 Å². The first-order valence-corrected chi connectivity index (χ1v) is 15.8. The first-order valence-electron chi connectivity index (χ1n) is 15.0. The molecule has 0 radical (unpaired) electrons. The minimum absolute atomic E-state index is 0.101. The average Bonchev–Trinajstić information content (AvgIpc) is 3.55. The van der Waals surface area contributed by atoms with E-state index in [0.717, 1.165) is 32.5 Å². The standard InChI is InChI=1S/C33H28Cl2F4N8O/c1-2-46-11-9-23(10-12-46)47-18-29(44-45-47)31(19-3-6-24(7-4-19)48-33(37,38)39)43-28-14-21(34)13-25-30(20(16-40)17-41-32(25)28)42-22-5-8-27(36)26(35)15-22/h3-8,13-15,17-18,23,31,43H,2,9-12H2,1H3,(H,41,42). The number of halogens is 6. The summed E-state index contributed by atoms with van der Waals surface area (Å²) in [5.74, 6) is -0.962. The molecule has 1 aliphatic rings. The fourth-order valence-electron chi connectivity index (χ4n) is 5.76. The molecule has 1 aliphatic heterocycles. The van der Waals surface area contributed by atoms with Crippen molar-refractivity contribution in [1.82, 2.24) is 24.9 Å². The number of nitriles is 1. The predicted octanol–water partition coefficient (Wildman–Crippen LogP) is 8.64. The maximum absolute atomic E-state index is 13.9. The molecule has 1 fully saturated rings. The molecule has 5 aromatic rings. The number of anilines is 3. The van der Waals surface area contributed by atoms with Gasteiger partial charge in [0.25, 0.3) is 0 Å². The second kappa shape index (κ2) is 13.8. The highest BCUT2D eigenvalue weighted by atomic mass is 35.5. The van der Waals surface area contributed by atoms with Crippen molar-refractivity contribution >= 4 is 51.2 Å². The molecule has 9 nitrogen and oxygen atoms in total. The third-order valence-electron chi connectivity index (χ3n) is 8.19. The van der Waals surface area contributed by atoms with Crippen LogP contribution >= 0.6 is 23.2 Å². The molecule has 48 heavy (non-hydrogen) atoms. The number of hydrogen-bond donors (Lipinski definition) is 2. The van der Waals surface area contributed by atoms with Crippen molar-refractivity contribution in [3.05, 3.63) is 99.7 Å². The van der Waals surface area contributed by atoms with Gasteiger partial charge in [-0.15, -0.1) is 18.3 Å². The Bertz CT molecular complexity index is 1970. The van der Waals surface area contributed by atoms with Crippen molar-refractivity contribution in [1.29, 1.82) is 5.26 Å². The largest absolute Gasteiger partial charge is 0.573 e. The van der Waals surface area contributed by atoms with E-state index >= 15 is 0 Å². The van der Waals surface area contributed by atoms with Crippen molar-refractivity contribution in [2.45, 2.75) is 38.2 Å². The van der Waals surface area contributed by atoms with Crippen LogP contribution in [0.25, 0.3) is 10.9 Å². The Labute approximate surface area is 283 Å². The Balaban J connectivity index is 1.40. The van der Waals surface area contributed by atoms with Gasteiger partial charge in [0.2, 0.25) is 0 Å². The lowest BCUT2D eigenvalue weighted by Gasteiger charge is -2.30. The average molecular weight is 700 g/mol. The molecule has 3 aromatic carbocycles. The summed E-state index contributed by atoms with van der Waals surface area (Å²) in [5, 5.41) is 26.1. The lowest BCUT2D eigenvalue weighted by Crippen LogP contribution is -2.34. The highest BCUT2D eigenvalue weighted by molar-refractivity contribution is 6.32. The number of nitrogens with zero attached hydrogens (tertiary/aromatic N) is 6. The lowest BCUT2D eigenvalue weighted by molar-refractivity contribution is -0.274. The molecule has 1 atom stereocenters. The minimum atomic E-state index is -4.84. The molecule has 1 saturated heterocycles. The summed E-state index contributed by atoms with van der Waals surface area (Å²) in [6, 6.07) is 14.4. The zero-order chi connectivity index (χ0) is 34.0. The zero-order valence-corrected chi connectivity index (χ0v) is 26.9. The molecular weight excluding hydrogens is 671 g/mol. The maximum Gasteiger partial charge on any atom is 0.573 e. The first kappa shape index (κ1) is 33.3. The summed E-state index contributed by atoms with van der Waals surface area (Å²) in [6.07, 6.45) is 0.192. The monoisotopic (exact) mass is 698 g/mol. The van der Waals surface area contributed by atoms with Crippen LogP contribution in [0.2, 0.25) is 10.0 Å². The van der Waals surface area contributed by atoms with Crippen LogP contribution in [0.5, 0.6) is 5.75 Å². The van der Waals surface area contributed by atoms with E-state index in [-0.39, 0.29) is 22.4 Å². The Morgan fingerprint density at radius 1 is 1.08 bits per heavy atom. The van der Waals surface area contributed by atoms with E-state index in [2.05, 4.69) is 48.6 Å². The van der Waals surface area contributed by atoms with Gasteiger partial charge in [0, 0.05) is 35.4 Å². The molecule has 0 amide bonds. The van der Waals surface area contributed by atoms with E-state index < -0.39 is 18.2 Å². The number of likely N-dealkylation sites (tertiary alicyclic amines) is 1. The van der Waals surface area contributed by atoms with Crippen LogP contribution in [0, 0.1) is 17.1 Å². The van der Waals surface area contributed by atoms with E-state index in [0.29, 0.717) is 44.2 Å². The molecule has 0 spiro atoms. The number of pyridine rings is 1. The Morgan fingerprint density at radius 2 is 1.83 bits per heavy atom. The van der Waals surface area contributed by atoms with Crippen LogP contribution in [-0.4, -0.2) is 50.9 Å². The van der Waals surface area contributed by atoms with Gasteiger partial charge in [0.15, 0.2) is 0 Å². The van der Waals surface area contributed by atoms with Gasteiger partial charge in [0.05, 0.1) is 45.8 Å². The number of rotatable bonds is 9. The summed E-state index contributed by atoms with van der Waals surface area (Å²) >= 11 is 12.6. The molecule has 3 heterocycles. The normalized spacial score (nSPS) is 14.9. The van der Waals surface area contributed by atoms with Crippen molar-refractivity contribution in [3.63, 3.8) is 0 Å². The van der Waals surface area contributed by atoms with Crippen molar-refractivity contribution < 1.29 is 22.3 Å². The van der Waals surface area contributed by atoms with Crippen LogP contribution in [0.15, 0.2) is 67.0 Å².